The van der Waals surface area contributed by atoms with Crippen molar-refractivity contribution in [2.24, 2.45) is 5.92 Å². The van der Waals surface area contributed by atoms with E-state index in [-0.39, 0.29) is 16.5 Å². The van der Waals surface area contributed by atoms with Crippen molar-refractivity contribution in [1.82, 2.24) is 15.5 Å². The first-order chi connectivity index (χ1) is 10.9. The lowest BCUT2D eigenvalue weighted by Crippen LogP contribution is -2.46. The van der Waals surface area contributed by atoms with Crippen LogP contribution in [0.2, 0.25) is 10.0 Å². The molecule has 7 heteroatoms. The second-order valence-electron chi connectivity index (χ2n) is 5.79. The van der Waals surface area contributed by atoms with Crippen LogP contribution in [0, 0.1) is 5.92 Å². The van der Waals surface area contributed by atoms with E-state index in [4.69, 9.17) is 23.2 Å². The van der Waals surface area contributed by atoms with Gasteiger partial charge in [-0.3, -0.25) is 9.59 Å². The molecule has 0 spiro atoms. The second-order valence-corrected chi connectivity index (χ2v) is 6.58. The summed E-state index contributed by atoms with van der Waals surface area (Å²) in [6.45, 7) is 4.02. The maximum Gasteiger partial charge on any atom is 0.253 e. The van der Waals surface area contributed by atoms with E-state index < -0.39 is 11.9 Å². The first-order valence-corrected chi connectivity index (χ1v) is 8.38. The second kappa shape index (κ2) is 7.99. The third kappa shape index (κ3) is 4.37. The van der Waals surface area contributed by atoms with Crippen LogP contribution in [-0.4, -0.2) is 49.4 Å². The summed E-state index contributed by atoms with van der Waals surface area (Å²) in [6, 6.07) is 4.24. The van der Waals surface area contributed by atoms with Gasteiger partial charge < -0.3 is 15.5 Å². The van der Waals surface area contributed by atoms with Crippen molar-refractivity contribution in [2.45, 2.75) is 19.4 Å². The van der Waals surface area contributed by atoms with Crippen molar-refractivity contribution in [3.05, 3.63) is 33.8 Å². The van der Waals surface area contributed by atoms with E-state index in [1.54, 1.807) is 30.0 Å². The minimum Gasteiger partial charge on any atom is -0.341 e. The first kappa shape index (κ1) is 18.0. The number of hydrogen-bond donors (Lipinski definition) is 2. The van der Waals surface area contributed by atoms with E-state index in [1.807, 2.05) is 7.05 Å². The number of halogens is 2. The van der Waals surface area contributed by atoms with Crippen LogP contribution < -0.4 is 10.6 Å². The predicted molar refractivity (Wildman–Crippen MR) is 92.0 cm³/mol. The van der Waals surface area contributed by atoms with E-state index in [2.05, 4.69) is 10.6 Å². The van der Waals surface area contributed by atoms with Crippen LogP contribution in [0.3, 0.4) is 0 Å². The molecule has 2 rings (SSSR count). The van der Waals surface area contributed by atoms with Gasteiger partial charge in [0, 0.05) is 13.1 Å². The number of amides is 2. The molecule has 1 aliphatic heterocycles. The van der Waals surface area contributed by atoms with Crippen molar-refractivity contribution in [3.8, 4) is 0 Å². The predicted octanol–water partition coefficient (Wildman–Crippen LogP) is 2.18. The molecule has 1 aliphatic rings. The number of rotatable bonds is 5. The molecular formula is C16H21Cl2N3O2. The number of likely N-dealkylation sites (tertiary alicyclic amines) is 1. The summed E-state index contributed by atoms with van der Waals surface area (Å²) in [5.41, 5.74) is 0.272. The van der Waals surface area contributed by atoms with Gasteiger partial charge in [-0.25, -0.2) is 0 Å². The van der Waals surface area contributed by atoms with Gasteiger partial charge in [0.25, 0.3) is 5.91 Å². The molecule has 1 aromatic rings. The van der Waals surface area contributed by atoms with E-state index in [1.165, 1.54) is 0 Å². The molecule has 1 fully saturated rings. The summed E-state index contributed by atoms with van der Waals surface area (Å²) < 4.78 is 0. The molecule has 2 amide bonds. The quantitative estimate of drug-likeness (QED) is 0.848. The lowest BCUT2D eigenvalue weighted by atomic mass is 10.1. The van der Waals surface area contributed by atoms with Crippen LogP contribution in [0.15, 0.2) is 18.2 Å². The Morgan fingerprint density at radius 3 is 2.83 bits per heavy atom. The molecule has 126 valence electrons. The zero-order valence-corrected chi connectivity index (χ0v) is 14.7. The summed E-state index contributed by atoms with van der Waals surface area (Å²) in [7, 11) is 1.90. The van der Waals surface area contributed by atoms with Crippen LogP contribution >= 0.6 is 23.2 Å². The molecule has 0 aromatic heterocycles. The number of benzene rings is 1. The fourth-order valence-electron chi connectivity index (χ4n) is 2.78. The molecule has 1 aromatic carbocycles. The van der Waals surface area contributed by atoms with Gasteiger partial charge >= 0.3 is 0 Å². The van der Waals surface area contributed by atoms with Gasteiger partial charge in [0.1, 0.15) is 6.04 Å². The van der Waals surface area contributed by atoms with Crippen molar-refractivity contribution in [3.63, 3.8) is 0 Å². The minimum atomic E-state index is -0.606. The highest BCUT2D eigenvalue weighted by atomic mass is 35.5. The molecule has 0 bridgehead atoms. The molecule has 0 saturated carbocycles. The van der Waals surface area contributed by atoms with Gasteiger partial charge in [0.05, 0.1) is 15.6 Å². The number of hydrogen-bond acceptors (Lipinski definition) is 3. The van der Waals surface area contributed by atoms with E-state index in [9.17, 15) is 9.59 Å². The number of carbonyl (C=O) groups excluding carboxylic acids is 2. The summed E-state index contributed by atoms with van der Waals surface area (Å²) in [5, 5.41) is 6.34. The van der Waals surface area contributed by atoms with Crippen LogP contribution in [0.5, 0.6) is 0 Å². The van der Waals surface area contributed by atoms with E-state index in [0.29, 0.717) is 10.9 Å². The molecule has 0 aliphatic carbocycles. The smallest absolute Gasteiger partial charge is 0.253 e. The number of carbonyl (C=O) groups is 2. The normalized spacial score (nSPS) is 18.8. The third-order valence-corrected chi connectivity index (χ3v) is 4.82. The van der Waals surface area contributed by atoms with Crippen LogP contribution in [0.25, 0.3) is 0 Å². The maximum absolute atomic E-state index is 12.4. The number of nitrogens with one attached hydrogen (secondary N) is 2. The Labute approximate surface area is 146 Å². The van der Waals surface area contributed by atoms with Gasteiger partial charge in [0.2, 0.25) is 5.91 Å². The monoisotopic (exact) mass is 357 g/mol. The fraction of sp³-hybridized carbons (Fsp3) is 0.500. The fourth-order valence-corrected chi connectivity index (χ4v) is 3.16. The van der Waals surface area contributed by atoms with Crippen molar-refractivity contribution in [1.29, 1.82) is 0 Å². The molecule has 1 saturated heterocycles. The molecule has 5 nitrogen and oxygen atoms in total. The van der Waals surface area contributed by atoms with Crippen molar-refractivity contribution < 1.29 is 9.59 Å². The first-order valence-electron chi connectivity index (χ1n) is 7.62. The Morgan fingerprint density at radius 2 is 2.13 bits per heavy atom. The van der Waals surface area contributed by atoms with Crippen molar-refractivity contribution in [2.75, 3.05) is 26.7 Å². The minimum absolute atomic E-state index is 0.0740. The summed E-state index contributed by atoms with van der Waals surface area (Å²) >= 11 is 12.0. The largest absolute Gasteiger partial charge is 0.341 e. The van der Waals surface area contributed by atoms with Gasteiger partial charge in [-0.2, -0.15) is 0 Å². The Morgan fingerprint density at radius 1 is 1.39 bits per heavy atom. The van der Waals surface area contributed by atoms with Crippen molar-refractivity contribution >= 4 is 35.0 Å². The zero-order valence-electron chi connectivity index (χ0n) is 13.2. The average Bonchev–Trinajstić information content (AvgIpc) is 2.98. The van der Waals surface area contributed by atoms with Gasteiger partial charge in [-0.15, -0.1) is 0 Å². The molecule has 1 heterocycles. The van der Waals surface area contributed by atoms with Crippen LogP contribution in [-0.2, 0) is 4.79 Å². The molecule has 2 N–H and O–H groups in total. The zero-order chi connectivity index (χ0) is 17.0. The van der Waals surface area contributed by atoms with Crippen LogP contribution in [0.4, 0.5) is 0 Å². The highest BCUT2D eigenvalue weighted by Gasteiger charge is 2.29. The Hall–Kier alpha value is -1.30. The van der Waals surface area contributed by atoms with Crippen LogP contribution in [0.1, 0.15) is 23.7 Å². The van der Waals surface area contributed by atoms with Gasteiger partial charge in [-0.1, -0.05) is 29.3 Å². The van der Waals surface area contributed by atoms with E-state index in [0.717, 1.165) is 26.1 Å². The van der Waals surface area contributed by atoms with E-state index >= 15 is 0 Å². The van der Waals surface area contributed by atoms with Gasteiger partial charge in [0.15, 0.2) is 0 Å². The molecule has 2 atom stereocenters. The lowest BCUT2D eigenvalue weighted by Gasteiger charge is -2.22. The maximum atomic E-state index is 12.4. The average molecular weight is 358 g/mol. The number of nitrogens with zero attached hydrogens (tertiary/aromatic N) is 1. The standard InChI is InChI=1S/C16H21Cl2N3O2/c1-10(16(23)21-7-6-11(9-21)8-19-2)20-15(22)12-4-3-5-13(17)14(12)18/h3-5,10-11,19H,6-9H2,1-2H3,(H,20,22). The topological polar surface area (TPSA) is 61.4 Å². The Bertz CT molecular complexity index is 595. The third-order valence-electron chi connectivity index (χ3n) is 4.00. The summed E-state index contributed by atoms with van der Waals surface area (Å²) in [6.07, 6.45) is 0.980. The molecule has 23 heavy (non-hydrogen) atoms. The molecular weight excluding hydrogens is 337 g/mol. The summed E-state index contributed by atoms with van der Waals surface area (Å²) in [5.74, 6) is -0.00588. The molecule has 2 unspecified atom stereocenters. The van der Waals surface area contributed by atoms with Gasteiger partial charge in [-0.05, 0) is 45.0 Å². The SMILES string of the molecule is CNCC1CCN(C(=O)C(C)NC(=O)c2cccc(Cl)c2Cl)C1. The Kier molecular flexibility index (Phi) is 6.27. The highest BCUT2D eigenvalue weighted by molar-refractivity contribution is 6.43. The molecule has 0 radical (unpaired) electrons. The summed E-state index contributed by atoms with van der Waals surface area (Å²) in [4.78, 5) is 26.5. The highest BCUT2D eigenvalue weighted by Crippen LogP contribution is 2.25. The lowest BCUT2D eigenvalue weighted by molar-refractivity contribution is -0.131. The Balaban J connectivity index is 1.96.